The van der Waals surface area contributed by atoms with Crippen LogP contribution in [0, 0.1) is 0 Å². The van der Waals surface area contributed by atoms with Gasteiger partial charge in [0.05, 0.1) is 16.1 Å². The Kier molecular flexibility index (Phi) is 4.20. The van der Waals surface area contributed by atoms with Crippen molar-refractivity contribution in [2.24, 2.45) is 5.73 Å². The zero-order valence-electron chi connectivity index (χ0n) is 9.90. The Bertz CT molecular complexity index is 598. The van der Waals surface area contributed by atoms with Gasteiger partial charge in [0.1, 0.15) is 0 Å². The number of hydrogen-bond acceptors (Lipinski definition) is 4. The van der Waals surface area contributed by atoms with E-state index in [4.69, 9.17) is 21.9 Å². The maximum absolute atomic E-state index is 6.15. The fourth-order valence-corrected chi connectivity index (χ4v) is 2.73. The molecule has 1 heterocycles. The first-order valence-electron chi connectivity index (χ1n) is 5.67. The molecular formula is C12H12BrCl2N3O. The molecule has 0 saturated heterocycles. The van der Waals surface area contributed by atoms with Crippen molar-refractivity contribution in [2.45, 2.75) is 24.8 Å². The van der Waals surface area contributed by atoms with Crippen molar-refractivity contribution < 1.29 is 4.52 Å². The third kappa shape index (κ3) is 2.65. The monoisotopic (exact) mass is 363 g/mol. The molecule has 0 atom stereocenters. The van der Waals surface area contributed by atoms with Crippen LogP contribution in [0.15, 0.2) is 27.2 Å². The van der Waals surface area contributed by atoms with E-state index in [2.05, 4.69) is 26.1 Å². The molecule has 1 aliphatic rings. The smallest absolute Gasteiger partial charge is 0.259 e. The van der Waals surface area contributed by atoms with E-state index in [1.165, 1.54) is 0 Å². The number of rotatable bonds is 2. The summed E-state index contributed by atoms with van der Waals surface area (Å²) in [6.45, 7) is 0. The highest BCUT2D eigenvalue weighted by atomic mass is 79.9. The van der Waals surface area contributed by atoms with Gasteiger partial charge in [-0.25, -0.2) is 0 Å². The average molecular weight is 365 g/mol. The molecule has 7 heteroatoms. The van der Waals surface area contributed by atoms with Crippen LogP contribution in [0.5, 0.6) is 0 Å². The Morgan fingerprint density at radius 2 is 2.11 bits per heavy atom. The van der Waals surface area contributed by atoms with Crippen molar-refractivity contribution >= 4 is 39.9 Å². The van der Waals surface area contributed by atoms with Crippen LogP contribution in [-0.4, -0.2) is 10.1 Å². The van der Waals surface area contributed by atoms with Crippen LogP contribution < -0.4 is 5.73 Å². The zero-order valence-corrected chi connectivity index (χ0v) is 13.1. The number of nitrogens with zero attached hydrogens (tertiary/aromatic N) is 2. The van der Waals surface area contributed by atoms with Crippen molar-refractivity contribution in [1.29, 1.82) is 0 Å². The molecule has 1 saturated carbocycles. The molecule has 1 aliphatic carbocycles. The molecule has 2 aromatic rings. The highest BCUT2D eigenvalue weighted by Crippen LogP contribution is 2.38. The van der Waals surface area contributed by atoms with Gasteiger partial charge in [-0.05, 0) is 37.5 Å². The first-order chi connectivity index (χ1) is 8.58. The second-order valence-corrected chi connectivity index (χ2v) is 5.88. The molecule has 0 bridgehead atoms. The molecule has 102 valence electrons. The van der Waals surface area contributed by atoms with E-state index in [1.54, 1.807) is 6.07 Å². The van der Waals surface area contributed by atoms with E-state index in [0.717, 1.165) is 29.3 Å². The van der Waals surface area contributed by atoms with Crippen molar-refractivity contribution in [1.82, 2.24) is 10.1 Å². The summed E-state index contributed by atoms with van der Waals surface area (Å²) in [5, 5.41) is 4.54. The van der Waals surface area contributed by atoms with Crippen molar-refractivity contribution in [3.05, 3.63) is 33.5 Å². The van der Waals surface area contributed by atoms with Gasteiger partial charge in [0.25, 0.3) is 5.89 Å². The Labute approximate surface area is 130 Å². The lowest BCUT2D eigenvalue weighted by molar-refractivity contribution is 0.229. The van der Waals surface area contributed by atoms with Gasteiger partial charge in [0.15, 0.2) is 5.82 Å². The Balaban J connectivity index is 0.00000133. The highest BCUT2D eigenvalue weighted by molar-refractivity contribution is 9.10. The molecule has 0 unspecified atom stereocenters. The zero-order chi connectivity index (χ0) is 12.8. The van der Waals surface area contributed by atoms with Gasteiger partial charge < -0.3 is 10.3 Å². The summed E-state index contributed by atoms with van der Waals surface area (Å²) in [6.07, 6.45) is 2.92. The molecule has 2 N–H and O–H groups in total. The molecular weight excluding hydrogens is 353 g/mol. The third-order valence-corrected chi connectivity index (χ3v) is 4.08. The summed E-state index contributed by atoms with van der Waals surface area (Å²) in [4.78, 5) is 4.36. The van der Waals surface area contributed by atoms with Crippen LogP contribution >= 0.6 is 39.9 Å². The lowest BCUT2D eigenvalue weighted by Crippen LogP contribution is -2.44. The highest BCUT2D eigenvalue weighted by Gasteiger charge is 2.39. The third-order valence-electron chi connectivity index (χ3n) is 3.28. The van der Waals surface area contributed by atoms with Crippen LogP contribution in [-0.2, 0) is 5.54 Å². The summed E-state index contributed by atoms with van der Waals surface area (Å²) in [7, 11) is 0. The molecule has 0 radical (unpaired) electrons. The van der Waals surface area contributed by atoms with E-state index in [0.29, 0.717) is 16.7 Å². The molecule has 0 amide bonds. The number of hydrogen-bond donors (Lipinski definition) is 1. The molecule has 0 aliphatic heterocycles. The Morgan fingerprint density at radius 3 is 2.68 bits per heavy atom. The molecule has 1 aromatic heterocycles. The van der Waals surface area contributed by atoms with E-state index in [-0.39, 0.29) is 12.4 Å². The number of benzene rings is 1. The normalized spacial score (nSPS) is 16.6. The summed E-state index contributed by atoms with van der Waals surface area (Å²) in [5.41, 5.74) is 6.46. The molecule has 19 heavy (non-hydrogen) atoms. The first kappa shape index (κ1) is 14.8. The van der Waals surface area contributed by atoms with Gasteiger partial charge in [-0.3, -0.25) is 0 Å². The lowest BCUT2D eigenvalue weighted by Gasteiger charge is -2.34. The van der Waals surface area contributed by atoms with Crippen molar-refractivity contribution in [3.63, 3.8) is 0 Å². The molecule has 3 rings (SSSR count). The number of nitrogens with two attached hydrogens (primary N) is 1. The van der Waals surface area contributed by atoms with Crippen molar-refractivity contribution in [3.8, 4) is 11.5 Å². The fourth-order valence-electron chi connectivity index (χ4n) is 1.98. The topological polar surface area (TPSA) is 64.9 Å². The fraction of sp³-hybridized carbons (Fsp3) is 0.333. The Morgan fingerprint density at radius 1 is 1.37 bits per heavy atom. The van der Waals surface area contributed by atoms with Gasteiger partial charge in [0, 0.05) is 4.47 Å². The van der Waals surface area contributed by atoms with Crippen LogP contribution in [0.4, 0.5) is 0 Å². The van der Waals surface area contributed by atoms with E-state index < -0.39 is 5.54 Å². The van der Waals surface area contributed by atoms with Crippen LogP contribution in [0.25, 0.3) is 11.5 Å². The van der Waals surface area contributed by atoms with Gasteiger partial charge in [-0.15, -0.1) is 12.4 Å². The molecule has 1 aromatic carbocycles. The molecule has 4 nitrogen and oxygen atoms in total. The predicted octanol–water partition coefficient (Wildman–Crippen LogP) is 3.91. The Hall–Kier alpha value is -0.620. The van der Waals surface area contributed by atoms with E-state index >= 15 is 0 Å². The molecule has 1 fully saturated rings. The SMILES string of the molecule is Cl.NC1(c2noc(-c3ccc(Br)cc3Cl)n2)CCC1. The van der Waals surface area contributed by atoms with Crippen LogP contribution in [0.2, 0.25) is 5.02 Å². The van der Waals surface area contributed by atoms with Crippen LogP contribution in [0.1, 0.15) is 25.1 Å². The predicted molar refractivity (Wildman–Crippen MR) is 79.4 cm³/mol. The quantitative estimate of drug-likeness (QED) is 0.877. The summed E-state index contributed by atoms with van der Waals surface area (Å²) >= 11 is 9.50. The second-order valence-electron chi connectivity index (χ2n) is 4.56. The van der Waals surface area contributed by atoms with Gasteiger partial charge >= 0.3 is 0 Å². The number of halogens is 3. The summed E-state index contributed by atoms with van der Waals surface area (Å²) in [5.74, 6) is 0.988. The first-order valence-corrected chi connectivity index (χ1v) is 6.84. The minimum Gasteiger partial charge on any atom is -0.334 e. The average Bonchev–Trinajstić information content (AvgIpc) is 2.75. The van der Waals surface area contributed by atoms with Gasteiger partial charge in [-0.2, -0.15) is 4.98 Å². The maximum Gasteiger partial charge on any atom is 0.259 e. The standard InChI is InChI=1S/C12H11BrClN3O.ClH/c13-7-2-3-8(9(14)6-7)10-16-11(17-18-10)12(15)4-1-5-12;/h2-3,6H,1,4-5,15H2;1H. The van der Waals surface area contributed by atoms with E-state index in [1.807, 2.05) is 12.1 Å². The van der Waals surface area contributed by atoms with E-state index in [9.17, 15) is 0 Å². The van der Waals surface area contributed by atoms with Crippen LogP contribution in [0.3, 0.4) is 0 Å². The van der Waals surface area contributed by atoms with Crippen molar-refractivity contribution in [2.75, 3.05) is 0 Å². The minimum absolute atomic E-state index is 0. The van der Waals surface area contributed by atoms with Gasteiger partial charge in [0.2, 0.25) is 0 Å². The minimum atomic E-state index is -0.413. The second kappa shape index (κ2) is 5.40. The number of aromatic nitrogens is 2. The van der Waals surface area contributed by atoms with Gasteiger partial charge in [-0.1, -0.05) is 32.7 Å². The molecule has 0 spiro atoms. The summed E-state index contributed by atoms with van der Waals surface area (Å²) in [6, 6.07) is 5.52. The summed E-state index contributed by atoms with van der Waals surface area (Å²) < 4.78 is 6.16. The largest absolute Gasteiger partial charge is 0.334 e. The maximum atomic E-state index is 6.15. The lowest BCUT2D eigenvalue weighted by atomic mass is 9.77.